The molecular weight excluding hydrogens is 288 g/mol. The van der Waals surface area contributed by atoms with Crippen molar-refractivity contribution in [1.29, 1.82) is 0 Å². The Balaban J connectivity index is 2.02. The Morgan fingerprint density at radius 3 is 2.90 bits per heavy atom. The van der Waals surface area contributed by atoms with Crippen molar-refractivity contribution in [3.05, 3.63) is 41.9 Å². The maximum Gasteiger partial charge on any atom is 0.355 e. The minimum Gasteiger partial charge on any atom is -0.464 e. The molecule has 21 heavy (non-hydrogen) atoms. The molecule has 0 saturated carbocycles. The van der Waals surface area contributed by atoms with Crippen molar-refractivity contribution in [1.82, 2.24) is 13.9 Å². The summed E-state index contributed by atoms with van der Waals surface area (Å²) in [5.74, 6) is -0.378. The molecule has 2 heterocycles. The molecule has 0 saturated heterocycles. The highest BCUT2D eigenvalue weighted by Gasteiger charge is 2.21. The Kier molecular flexibility index (Phi) is 3.42. The molecule has 6 nitrogen and oxygen atoms in total. The standard InChI is InChI=1S/C14H14N4O2S/c1-17-8-15-11-6-9(4-5-12(11)17)10-7-13(14(19)20-3)18(2)21-16-10/h4-8H,1-3H3. The number of esters is 1. The number of carbonyl (C=O) groups is 1. The van der Waals surface area contributed by atoms with Crippen LogP contribution in [0.4, 0.5) is 0 Å². The minimum absolute atomic E-state index is 0.378. The highest BCUT2D eigenvalue weighted by molar-refractivity contribution is 7.96. The third kappa shape index (κ3) is 2.40. The van der Waals surface area contributed by atoms with Crippen LogP contribution in [0, 0.1) is 0 Å². The Bertz CT molecular complexity index is 778. The van der Waals surface area contributed by atoms with Crippen LogP contribution < -0.4 is 0 Å². The van der Waals surface area contributed by atoms with Gasteiger partial charge in [-0.2, -0.15) is 4.40 Å². The first-order chi connectivity index (χ1) is 10.1. The fourth-order valence-corrected chi connectivity index (χ4v) is 2.70. The van der Waals surface area contributed by atoms with Gasteiger partial charge >= 0.3 is 5.97 Å². The molecule has 1 aromatic heterocycles. The van der Waals surface area contributed by atoms with Crippen LogP contribution in [0.2, 0.25) is 0 Å². The third-order valence-electron chi connectivity index (χ3n) is 3.29. The summed E-state index contributed by atoms with van der Waals surface area (Å²) in [4.78, 5) is 16.1. The first-order valence-corrected chi connectivity index (χ1v) is 7.03. The maximum atomic E-state index is 11.8. The van der Waals surface area contributed by atoms with Crippen molar-refractivity contribution >= 4 is 34.8 Å². The summed E-state index contributed by atoms with van der Waals surface area (Å²) in [6, 6.07) is 5.93. The van der Waals surface area contributed by atoms with Gasteiger partial charge in [0.1, 0.15) is 5.70 Å². The van der Waals surface area contributed by atoms with Gasteiger partial charge in [0, 0.05) is 19.7 Å². The van der Waals surface area contributed by atoms with E-state index in [1.165, 1.54) is 19.2 Å². The number of allylic oxidation sites excluding steroid dienone is 1. The third-order valence-corrected chi connectivity index (χ3v) is 4.01. The van der Waals surface area contributed by atoms with Gasteiger partial charge < -0.3 is 9.30 Å². The number of rotatable bonds is 2. The number of ether oxygens (including phenoxy) is 1. The number of benzene rings is 1. The number of aryl methyl sites for hydroxylation is 1. The molecule has 0 N–H and O–H groups in total. The zero-order valence-electron chi connectivity index (χ0n) is 11.9. The second-order valence-electron chi connectivity index (χ2n) is 4.64. The van der Waals surface area contributed by atoms with Crippen LogP contribution in [0.15, 0.2) is 40.7 Å². The van der Waals surface area contributed by atoms with E-state index in [-0.39, 0.29) is 5.97 Å². The summed E-state index contributed by atoms with van der Waals surface area (Å²) < 4.78 is 12.8. The van der Waals surface area contributed by atoms with E-state index in [9.17, 15) is 4.79 Å². The molecule has 1 aliphatic rings. The van der Waals surface area contributed by atoms with Crippen molar-refractivity contribution in [2.24, 2.45) is 11.4 Å². The monoisotopic (exact) mass is 302 g/mol. The fourth-order valence-electron chi connectivity index (χ4n) is 2.12. The first-order valence-electron chi connectivity index (χ1n) is 6.30. The molecule has 108 valence electrons. The van der Waals surface area contributed by atoms with Gasteiger partial charge in [-0.15, -0.1) is 0 Å². The topological polar surface area (TPSA) is 59.7 Å². The summed E-state index contributed by atoms with van der Waals surface area (Å²) in [6.07, 6.45) is 3.50. The summed E-state index contributed by atoms with van der Waals surface area (Å²) >= 11 is 1.21. The predicted molar refractivity (Wildman–Crippen MR) is 82.7 cm³/mol. The van der Waals surface area contributed by atoms with E-state index in [0.717, 1.165) is 22.3 Å². The molecule has 1 aliphatic heterocycles. The predicted octanol–water partition coefficient (Wildman–Crippen LogP) is 1.93. The normalized spacial score (nSPS) is 14.9. The molecule has 1 aromatic carbocycles. The Morgan fingerprint density at radius 2 is 2.14 bits per heavy atom. The van der Waals surface area contributed by atoms with Gasteiger partial charge in [0.25, 0.3) is 0 Å². The molecule has 0 fully saturated rings. The number of likely N-dealkylation sites (N-methyl/N-ethyl adjacent to an activating group) is 1. The SMILES string of the molecule is COC(=O)C1=CC(c2ccc3c(c2)ncn3C)=NSN1C. The number of hydrogen-bond acceptors (Lipinski definition) is 6. The highest BCUT2D eigenvalue weighted by atomic mass is 32.2. The number of fused-ring (bicyclic) bond motifs is 1. The van der Waals surface area contributed by atoms with Crippen molar-refractivity contribution in [3.8, 4) is 0 Å². The van der Waals surface area contributed by atoms with E-state index in [1.807, 2.05) is 29.8 Å². The number of methoxy groups -OCH3 is 1. The molecule has 3 rings (SSSR count). The smallest absolute Gasteiger partial charge is 0.355 e. The zero-order chi connectivity index (χ0) is 15.0. The van der Waals surface area contributed by atoms with Crippen LogP contribution in [-0.4, -0.2) is 39.7 Å². The van der Waals surface area contributed by atoms with Crippen LogP contribution >= 0.6 is 12.1 Å². The highest BCUT2D eigenvalue weighted by Crippen LogP contribution is 2.25. The van der Waals surface area contributed by atoms with Crippen molar-refractivity contribution in [3.63, 3.8) is 0 Å². The van der Waals surface area contributed by atoms with Gasteiger partial charge in [-0.1, -0.05) is 6.07 Å². The summed E-state index contributed by atoms with van der Waals surface area (Å²) in [6.45, 7) is 0. The summed E-state index contributed by atoms with van der Waals surface area (Å²) in [5, 5.41) is 0. The van der Waals surface area contributed by atoms with Crippen LogP contribution in [0.1, 0.15) is 5.56 Å². The van der Waals surface area contributed by atoms with Crippen LogP contribution in [0.3, 0.4) is 0 Å². The van der Waals surface area contributed by atoms with E-state index in [2.05, 4.69) is 9.38 Å². The van der Waals surface area contributed by atoms with Gasteiger partial charge in [-0.05, 0) is 18.2 Å². The average Bonchev–Trinajstić information content (AvgIpc) is 2.88. The van der Waals surface area contributed by atoms with Crippen molar-refractivity contribution in [2.45, 2.75) is 0 Å². The summed E-state index contributed by atoms with van der Waals surface area (Å²) in [5.41, 5.74) is 4.06. The van der Waals surface area contributed by atoms with Gasteiger partial charge in [-0.3, -0.25) is 4.31 Å². The van der Waals surface area contributed by atoms with Crippen LogP contribution in [0.25, 0.3) is 11.0 Å². The lowest BCUT2D eigenvalue weighted by molar-refractivity contribution is -0.137. The van der Waals surface area contributed by atoms with Gasteiger partial charge in [0.15, 0.2) is 0 Å². The largest absolute Gasteiger partial charge is 0.464 e. The van der Waals surface area contributed by atoms with Gasteiger partial charge in [0.2, 0.25) is 0 Å². The van der Waals surface area contributed by atoms with Gasteiger partial charge in [-0.25, -0.2) is 9.78 Å². The number of hydrogen-bond donors (Lipinski definition) is 0. The Morgan fingerprint density at radius 1 is 1.33 bits per heavy atom. The molecule has 0 bridgehead atoms. The number of aromatic nitrogens is 2. The molecule has 0 atom stereocenters. The average molecular weight is 302 g/mol. The lowest BCUT2D eigenvalue weighted by Crippen LogP contribution is -2.22. The molecule has 0 aliphatic carbocycles. The van der Waals surface area contributed by atoms with Crippen LogP contribution in [0.5, 0.6) is 0 Å². The van der Waals surface area contributed by atoms with E-state index in [1.54, 1.807) is 23.8 Å². The number of nitrogens with zero attached hydrogens (tertiary/aromatic N) is 4. The van der Waals surface area contributed by atoms with E-state index in [0.29, 0.717) is 5.70 Å². The minimum atomic E-state index is -0.378. The molecule has 0 unspecified atom stereocenters. The molecular formula is C14H14N4O2S. The zero-order valence-corrected chi connectivity index (χ0v) is 12.7. The molecule has 0 spiro atoms. The van der Waals surface area contributed by atoms with Crippen molar-refractivity contribution < 1.29 is 9.53 Å². The van der Waals surface area contributed by atoms with Crippen LogP contribution in [-0.2, 0) is 16.6 Å². The molecule has 0 radical (unpaired) electrons. The molecule has 2 aromatic rings. The summed E-state index contributed by atoms with van der Waals surface area (Å²) in [7, 11) is 5.09. The lowest BCUT2D eigenvalue weighted by Gasteiger charge is -2.21. The first kappa shape index (κ1) is 13.7. The number of imidazole rings is 1. The quantitative estimate of drug-likeness (QED) is 0.626. The van der Waals surface area contributed by atoms with E-state index < -0.39 is 0 Å². The maximum absolute atomic E-state index is 11.8. The second kappa shape index (κ2) is 5.25. The number of carbonyl (C=O) groups excluding carboxylic acids is 1. The van der Waals surface area contributed by atoms with Crippen molar-refractivity contribution in [2.75, 3.05) is 14.2 Å². The van der Waals surface area contributed by atoms with E-state index in [4.69, 9.17) is 4.74 Å². The fraction of sp³-hybridized carbons (Fsp3) is 0.214. The Hall–Kier alpha value is -2.28. The van der Waals surface area contributed by atoms with Gasteiger partial charge in [0.05, 0.1) is 42.3 Å². The molecule has 7 heteroatoms. The second-order valence-corrected chi connectivity index (χ2v) is 5.53. The van der Waals surface area contributed by atoms with E-state index >= 15 is 0 Å². The molecule has 0 amide bonds. The lowest BCUT2D eigenvalue weighted by atomic mass is 10.1. The Labute approximate surface area is 126 Å².